The van der Waals surface area contributed by atoms with E-state index in [0.29, 0.717) is 25.7 Å². The zero-order valence-corrected chi connectivity index (χ0v) is 9.49. The highest BCUT2D eigenvalue weighted by atomic mass is 32.2. The lowest BCUT2D eigenvalue weighted by molar-refractivity contribution is -0.149. The quantitative estimate of drug-likeness (QED) is 0.506. The van der Waals surface area contributed by atoms with Gasteiger partial charge >= 0.3 is 5.97 Å². The second-order valence-electron chi connectivity index (χ2n) is 3.74. The fraction of sp³-hybridized carbons (Fsp3) is 0.778. The molecule has 92 valence electrons. The second-order valence-corrected chi connectivity index (χ2v) is 5.27. The lowest BCUT2D eigenvalue weighted by Crippen LogP contribution is -2.25. The van der Waals surface area contributed by atoms with Gasteiger partial charge in [-0.25, -0.2) is 8.42 Å². The van der Waals surface area contributed by atoms with Crippen LogP contribution in [0, 0.1) is 5.92 Å². The molecule has 1 fully saturated rings. The third-order valence-electron chi connectivity index (χ3n) is 2.45. The molecular formula is C9H13O6S-. The van der Waals surface area contributed by atoms with Crippen molar-refractivity contribution in [2.45, 2.75) is 25.7 Å². The minimum atomic E-state index is -4.34. The van der Waals surface area contributed by atoms with Gasteiger partial charge in [-0.1, -0.05) is 0 Å². The van der Waals surface area contributed by atoms with Crippen LogP contribution in [-0.2, 0) is 24.4 Å². The molecule has 7 heteroatoms. The number of carbonyl (C=O) groups is 2. The summed E-state index contributed by atoms with van der Waals surface area (Å²) in [5, 5.41) is 0. The Kier molecular flexibility index (Phi) is 4.43. The number of rotatable bonds is 4. The topological polar surface area (TPSA) is 101 Å². The summed E-state index contributed by atoms with van der Waals surface area (Å²) < 4.78 is 35.4. The minimum absolute atomic E-state index is 0.131. The van der Waals surface area contributed by atoms with Crippen LogP contribution >= 0.6 is 0 Å². The van der Waals surface area contributed by atoms with E-state index in [1.807, 2.05) is 0 Å². The van der Waals surface area contributed by atoms with Crippen molar-refractivity contribution in [2.75, 3.05) is 12.4 Å². The van der Waals surface area contributed by atoms with Crippen LogP contribution in [0.25, 0.3) is 0 Å². The number of hydrogen-bond acceptors (Lipinski definition) is 6. The standard InChI is InChI=1S/C9H14O6S/c10-8-3-1-7(2-4-8)9(11)15-5-6-16(12,13)14/h7H,1-6H2,(H,12,13,14)/p-1. The average molecular weight is 249 g/mol. The Balaban J connectivity index is 2.28. The van der Waals surface area contributed by atoms with Gasteiger partial charge in [-0.15, -0.1) is 0 Å². The molecule has 0 N–H and O–H groups in total. The van der Waals surface area contributed by atoms with Crippen LogP contribution in [0.2, 0.25) is 0 Å². The maximum Gasteiger partial charge on any atom is 0.308 e. The Bertz CT molecular complexity index is 361. The molecule has 0 atom stereocenters. The highest BCUT2D eigenvalue weighted by Gasteiger charge is 2.25. The van der Waals surface area contributed by atoms with Crippen LogP contribution in [0.1, 0.15) is 25.7 Å². The molecule has 0 saturated heterocycles. The van der Waals surface area contributed by atoms with Gasteiger partial charge in [-0.2, -0.15) is 0 Å². The first-order valence-corrected chi connectivity index (χ1v) is 6.58. The molecule has 1 aliphatic carbocycles. The molecule has 0 aliphatic heterocycles. The van der Waals surface area contributed by atoms with Crippen molar-refractivity contribution in [1.29, 1.82) is 0 Å². The van der Waals surface area contributed by atoms with Gasteiger partial charge in [0.1, 0.15) is 12.4 Å². The summed E-state index contributed by atoms with van der Waals surface area (Å²) in [6, 6.07) is 0. The van der Waals surface area contributed by atoms with E-state index in [1.165, 1.54) is 0 Å². The normalized spacial score (nSPS) is 18.4. The predicted molar refractivity (Wildman–Crippen MR) is 52.5 cm³/mol. The largest absolute Gasteiger partial charge is 0.748 e. The summed E-state index contributed by atoms with van der Waals surface area (Å²) in [6.07, 6.45) is 1.61. The van der Waals surface area contributed by atoms with Gasteiger partial charge in [-0.3, -0.25) is 9.59 Å². The zero-order chi connectivity index (χ0) is 12.2. The molecule has 0 aromatic carbocycles. The number of hydrogen-bond donors (Lipinski definition) is 0. The molecule has 0 aromatic heterocycles. The monoisotopic (exact) mass is 249 g/mol. The maximum atomic E-state index is 11.4. The van der Waals surface area contributed by atoms with Crippen LogP contribution < -0.4 is 0 Å². The average Bonchev–Trinajstić information content (AvgIpc) is 2.16. The Morgan fingerprint density at radius 2 is 1.94 bits per heavy atom. The van der Waals surface area contributed by atoms with E-state index in [0.717, 1.165) is 0 Å². The first-order chi connectivity index (χ1) is 7.38. The summed E-state index contributed by atoms with van der Waals surface area (Å²) in [7, 11) is -4.34. The van der Waals surface area contributed by atoms with E-state index in [9.17, 15) is 22.6 Å². The Hall–Kier alpha value is -0.950. The van der Waals surface area contributed by atoms with E-state index in [-0.39, 0.29) is 11.7 Å². The number of ketones is 1. The molecule has 6 nitrogen and oxygen atoms in total. The summed E-state index contributed by atoms with van der Waals surface area (Å²) in [5.41, 5.74) is 0. The molecule has 1 rings (SSSR count). The van der Waals surface area contributed by atoms with Gasteiger partial charge in [0.25, 0.3) is 0 Å². The van der Waals surface area contributed by atoms with Gasteiger partial charge in [0.15, 0.2) is 0 Å². The summed E-state index contributed by atoms with van der Waals surface area (Å²) >= 11 is 0. The van der Waals surface area contributed by atoms with Crippen molar-refractivity contribution in [2.24, 2.45) is 5.92 Å². The Labute approximate surface area is 93.7 Å². The molecule has 1 aliphatic rings. The van der Waals surface area contributed by atoms with Crippen LogP contribution in [0.5, 0.6) is 0 Å². The number of ether oxygens (including phenoxy) is 1. The Morgan fingerprint density at radius 3 is 2.44 bits per heavy atom. The highest BCUT2D eigenvalue weighted by molar-refractivity contribution is 7.85. The van der Waals surface area contributed by atoms with E-state index < -0.39 is 28.4 Å². The van der Waals surface area contributed by atoms with E-state index >= 15 is 0 Å². The Morgan fingerprint density at radius 1 is 1.38 bits per heavy atom. The predicted octanol–water partition coefficient (Wildman–Crippen LogP) is -0.166. The van der Waals surface area contributed by atoms with Crippen molar-refractivity contribution < 1.29 is 27.3 Å². The van der Waals surface area contributed by atoms with Gasteiger partial charge in [0.05, 0.1) is 21.8 Å². The molecule has 0 radical (unpaired) electrons. The fourth-order valence-electron chi connectivity index (χ4n) is 1.54. The van der Waals surface area contributed by atoms with Gasteiger partial charge in [-0.05, 0) is 12.8 Å². The molecule has 0 spiro atoms. The van der Waals surface area contributed by atoms with Crippen molar-refractivity contribution in [3.05, 3.63) is 0 Å². The molecule has 16 heavy (non-hydrogen) atoms. The second kappa shape index (κ2) is 5.40. The number of carbonyl (C=O) groups excluding carboxylic acids is 2. The third-order valence-corrected chi connectivity index (χ3v) is 3.12. The first-order valence-electron chi connectivity index (χ1n) is 5.00. The lowest BCUT2D eigenvalue weighted by atomic mass is 9.88. The van der Waals surface area contributed by atoms with Crippen LogP contribution in [0.3, 0.4) is 0 Å². The van der Waals surface area contributed by atoms with Crippen molar-refractivity contribution >= 4 is 21.9 Å². The molecular weight excluding hydrogens is 236 g/mol. The number of esters is 1. The van der Waals surface area contributed by atoms with Crippen LogP contribution in [0.4, 0.5) is 0 Å². The van der Waals surface area contributed by atoms with E-state index in [4.69, 9.17) is 0 Å². The van der Waals surface area contributed by atoms with Crippen molar-refractivity contribution in [3.8, 4) is 0 Å². The van der Waals surface area contributed by atoms with Crippen LogP contribution in [-0.4, -0.2) is 37.1 Å². The maximum absolute atomic E-state index is 11.4. The van der Waals surface area contributed by atoms with E-state index in [1.54, 1.807) is 0 Å². The van der Waals surface area contributed by atoms with Gasteiger partial charge < -0.3 is 9.29 Å². The third kappa shape index (κ3) is 4.71. The summed E-state index contributed by atoms with van der Waals surface area (Å²) in [6.45, 7) is -0.408. The number of Topliss-reactive ketones (excluding diaryl/α,β-unsaturated/α-hetero) is 1. The van der Waals surface area contributed by atoms with Crippen molar-refractivity contribution in [1.82, 2.24) is 0 Å². The molecule has 0 amide bonds. The first kappa shape index (κ1) is 13.1. The van der Waals surface area contributed by atoms with Gasteiger partial charge in [0.2, 0.25) is 0 Å². The van der Waals surface area contributed by atoms with Crippen molar-refractivity contribution in [3.63, 3.8) is 0 Å². The molecule has 0 bridgehead atoms. The highest BCUT2D eigenvalue weighted by Crippen LogP contribution is 2.22. The van der Waals surface area contributed by atoms with Crippen LogP contribution in [0.15, 0.2) is 0 Å². The summed E-state index contributed by atoms with van der Waals surface area (Å²) in [5.74, 6) is -1.43. The molecule has 0 aromatic rings. The fourth-order valence-corrected chi connectivity index (χ4v) is 1.83. The minimum Gasteiger partial charge on any atom is -0.748 e. The van der Waals surface area contributed by atoms with E-state index in [2.05, 4.69) is 4.74 Å². The smallest absolute Gasteiger partial charge is 0.308 e. The summed E-state index contributed by atoms with van der Waals surface area (Å²) in [4.78, 5) is 22.3. The molecule has 0 heterocycles. The lowest BCUT2D eigenvalue weighted by Gasteiger charge is -2.19. The van der Waals surface area contributed by atoms with Gasteiger partial charge in [0, 0.05) is 12.8 Å². The molecule has 0 unspecified atom stereocenters. The molecule has 1 saturated carbocycles. The zero-order valence-electron chi connectivity index (χ0n) is 8.68. The SMILES string of the molecule is O=C1CCC(C(=O)OCCS(=O)(=O)[O-])CC1.